The van der Waals surface area contributed by atoms with Crippen LogP contribution in [0.15, 0.2) is 35.5 Å². The van der Waals surface area contributed by atoms with Crippen LogP contribution in [0.3, 0.4) is 0 Å². The van der Waals surface area contributed by atoms with Crippen molar-refractivity contribution in [3.8, 4) is 0 Å². The first kappa shape index (κ1) is 20.7. The van der Waals surface area contributed by atoms with E-state index in [1.165, 1.54) is 0 Å². The minimum Gasteiger partial charge on any atom is -0.382 e. The van der Waals surface area contributed by atoms with Crippen LogP contribution in [-0.4, -0.2) is 54.7 Å². The maximum absolute atomic E-state index is 12.9. The van der Waals surface area contributed by atoms with Gasteiger partial charge in [0.2, 0.25) is 0 Å². The summed E-state index contributed by atoms with van der Waals surface area (Å²) in [6, 6.07) is 7.16. The van der Waals surface area contributed by atoms with E-state index in [2.05, 4.69) is 5.32 Å². The Morgan fingerprint density at radius 2 is 2.08 bits per heavy atom. The third-order valence-electron chi connectivity index (χ3n) is 4.32. The van der Waals surface area contributed by atoms with Crippen LogP contribution >= 0.6 is 23.8 Å². The molecule has 2 rings (SSSR count). The van der Waals surface area contributed by atoms with Crippen LogP contribution in [0.1, 0.15) is 31.9 Å². The van der Waals surface area contributed by atoms with Gasteiger partial charge in [-0.15, -0.1) is 0 Å². The third-order valence-corrected chi connectivity index (χ3v) is 5.01. The Balaban J connectivity index is 2.41. The molecular weight excluding hydrogens is 370 g/mol. The highest BCUT2D eigenvalue weighted by Crippen LogP contribution is 2.34. The van der Waals surface area contributed by atoms with Gasteiger partial charge in [0, 0.05) is 44.6 Å². The molecule has 0 saturated heterocycles. The van der Waals surface area contributed by atoms with Gasteiger partial charge in [0.05, 0.1) is 11.6 Å². The number of likely N-dealkylation sites (N-methyl/N-ethyl adjacent to an activating group) is 1. The second-order valence-corrected chi connectivity index (χ2v) is 7.10. The first-order valence-corrected chi connectivity index (χ1v) is 9.49. The molecule has 1 N–H and O–H groups in total. The molecule has 0 fully saturated rings. The van der Waals surface area contributed by atoms with Crippen LogP contribution in [0.2, 0.25) is 5.02 Å². The summed E-state index contributed by atoms with van der Waals surface area (Å²) in [6.07, 6.45) is 0.827. The summed E-state index contributed by atoms with van der Waals surface area (Å²) in [4.78, 5) is 16.5. The van der Waals surface area contributed by atoms with E-state index < -0.39 is 0 Å². The summed E-state index contributed by atoms with van der Waals surface area (Å²) >= 11 is 12.0. The van der Waals surface area contributed by atoms with Crippen molar-refractivity contribution in [2.24, 2.45) is 0 Å². The molecule has 26 heavy (non-hydrogen) atoms. The molecule has 1 aliphatic heterocycles. The van der Waals surface area contributed by atoms with Crippen LogP contribution in [0, 0.1) is 0 Å². The normalized spacial score (nSPS) is 17.3. The fourth-order valence-electron chi connectivity index (χ4n) is 2.98. The van der Waals surface area contributed by atoms with Crippen LogP contribution in [0.25, 0.3) is 0 Å². The molecule has 0 bridgehead atoms. The van der Waals surface area contributed by atoms with Gasteiger partial charge in [-0.25, -0.2) is 0 Å². The Hall–Kier alpha value is -1.63. The number of nitrogens with one attached hydrogen (secondary N) is 1. The number of nitrogens with zero attached hydrogens (tertiary/aromatic N) is 2. The highest BCUT2D eigenvalue weighted by atomic mass is 35.5. The lowest BCUT2D eigenvalue weighted by Crippen LogP contribution is -2.49. The smallest absolute Gasteiger partial charge is 0.253 e. The summed E-state index contributed by atoms with van der Waals surface area (Å²) < 4.78 is 5.41. The standard InChI is InChI=1S/C19H26ClN3O2S/c1-5-25-12-8-11-23-13(2)16(18(24)22(3)4)17(21-19(23)26)14-9-6-7-10-15(14)20/h6-7,9-10,17H,5,8,11-12H2,1-4H3,(H,21,26). The second kappa shape index (κ2) is 9.35. The molecule has 5 nitrogen and oxygen atoms in total. The van der Waals surface area contributed by atoms with Gasteiger partial charge in [0.25, 0.3) is 5.91 Å². The number of rotatable bonds is 7. The largest absolute Gasteiger partial charge is 0.382 e. The van der Waals surface area contributed by atoms with Crippen LogP contribution < -0.4 is 5.32 Å². The number of hydrogen-bond donors (Lipinski definition) is 1. The van der Waals surface area contributed by atoms with Crippen molar-refractivity contribution in [3.63, 3.8) is 0 Å². The predicted octanol–water partition coefficient (Wildman–Crippen LogP) is 3.36. The maximum Gasteiger partial charge on any atom is 0.253 e. The molecule has 1 amide bonds. The van der Waals surface area contributed by atoms with E-state index in [1.807, 2.05) is 43.0 Å². The maximum atomic E-state index is 12.9. The summed E-state index contributed by atoms with van der Waals surface area (Å²) in [5, 5.41) is 4.51. The molecule has 0 radical (unpaired) electrons. The zero-order valence-corrected chi connectivity index (χ0v) is 17.3. The Kier molecular flexibility index (Phi) is 7.43. The number of benzene rings is 1. The molecule has 1 atom stereocenters. The SMILES string of the molecule is CCOCCCN1C(=S)NC(c2ccccc2Cl)C(C(=O)N(C)C)=C1C. The van der Waals surface area contributed by atoms with Gasteiger partial charge in [0.1, 0.15) is 0 Å². The monoisotopic (exact) mass is 395 g/mol. The Labute approximate surface area is 165 Å². The highest BCUT2D eigenvalue weighted by molar-refractivity contribution is 7.80. The number of hydrogen-bond acceptors (Lipinski definition) is 3. The zero-order valence-electron chi connectivity index (χ0n) is 15.7. The quantitative estimate of drug-likeness (QED) is 0.566. The van der Waals surface area contributed by atoms with E-state index >= 15 is 0 Å². The van der Waals surface area contributed by atoms with Gasteiger partial charge < -0.3 is 19.9 Å². The van der Waals surface area contributed by atoms with Crippen molar-refractivity contribution in [2.45, 2.75) is 26.3 Å². The number of carbonyl (C=O) groups is 1. The minimum atomic E-state index is -0.366. The molecule has 1 aromatic rings. The number of ether oxygens (including phenoxy) is 1. The fourth-order valence-corrected chi connectivity index (χ4v) is 3.57. The van der Waals surface area contributed by atoms with Crippen LogP contribution in [0.4, 0.5) is 0 Å². The first-order chi connectivity index (χ1) is 12.4. The topological polar surface area (TPSA) is 44.8 Å². The molecule has 0 aromatic heterocycles. The lowest BCUT2D eigenvalue weighted by molar-refractivity contribution is -0.125. The molecule has 1 unspecified atom stereocenters. The molecule has 0 spiro atoms. The molecule has 1 aromatic carbocycles. The van der Waals surface area contributed by atoms with E-state index in [1.54, 1.807) is 19.0 Å². The summed E-state index contributed by atoms with van der Waals surface area (Å²) in [6.45, 7) is 5.95. The average Bonchev–Trinajstić information content (AvgIpc) is 2.60. The molecule has 1 heterocycles. The number of allylic oxidation sites excluding steroid dienone is 1. The van der Waals surface area contributed by atoms with Gasteiger partial charge in [-0.1, -0.05) is 29.8 Å². The molecule has 7 heteroatoms. The molecule has 0 aliphatic carbocycles. The van der Waals surface area contributed by atoms with E-state index in [0.29, 0.717) is 35.5 Å². The highest BCUT2D eigenvalue weighted by Gasteiger charge is 2.35. The fraction of sp³-hybridized carbons (Fsp3) is 0.474. The summed E-state index contributed by atoms with van der Waals surface area (Å²) in [5.41, 5.74) is 2.36. The predicted molar refractivity (Wildman–Crippen MR) is 109 cm³/mol. The Bertz CT molecular complexity index is 706. The van der Waals surface area contributed by atoms with Crippen molar-refractivity contribution < 1.29 is 9.53 Å². The van der Waals surface area contributed by atoms with E-state index in [0.717, 1.165) is 17.7 Å². The van der Waals surface area contributed by atoms with Gasteiger partial charge in [-0.05, 0) is 44.1 Å². The van der Waals surface area contributed by atoms with E-state index in [-0.39, 0.29) is 11.9 Å². The Morgan fingerprint density at radius 1 is 1.38 bits per heavy atom. The van der Waals surface area contributed by atoms with E-state index in [4.69, 9.17) is 28.6 Å². The molecular formula is C19H26ClN3O2S. The van der Waals surface area contributed by atoms with Crippen molar-refractivity contribution in [1.82, 2.24) is 15.1 Å². The zero-order chi connectivity index (χ0) is 19.3. The summed E-state index contributed by atoms with van der Waals surface area (Å²) in [5.74, 6) is -0.0581. The lowest BCUT2D eigenvalue weighted by atomic mass is 9.94. The van der Waals surface area contributed by atoms with Crippen LogP contribution in [0.5, 0.6) is 0 Å². The van der Waals surface area contributed by atoms with Gasteiger partial charge >= 0.3 is 0 Å². The van der Waals surface area contributed by atoms with Gasteiger partial charge in [0.15, 0.2) is 5.11 Å². The number of carbonyl (C=O) groups excluding carboxylic acids is 1. The number of halogens is 1. The van der Waals surface area contributed by atoms with Crippen LogP contribution in [-0.2, 0) is 9.53 Å². The third kappa shape index (κ3) is 4.55. The van der Waals surface area contributed by atoms with Gasteiger partial charge in [-0.3, -0.25) is 4.79 Å². The number of thiocarbonyl (C=S) groups is 1. The molecule has 1 aliphatic rings. The van der Waals surface area contributed by atoms with Gasteiger partial charge in [-0.2, -0.15) is 0 Å². The number of amides is 1. The van der Waals surface area contributed by atoms with Crippen molar-refractivity contribution in [1.29, 1.82) is 0 Å². The van der Waals surface area contributed by atoms with Crippen molar-refractivity contribution in [2.75, 3.05) is 33.9 Å². The molecule has 0 saturated carbocycles. The molecule has 142 valence electrons. The lowest BCUT2D eigenvalue weighted by Gasteiger charge is -2.38. The Morgan fingerprint density at radius 3 is 2.69 bits per heavy atom. The van der Waals surface area contributed by atoms with Crippen molar-refractivity contribution >= 4 is 34.8 Å². The van der Waals surface area contributed by atoms with Crippen molar-refractivity contribution in [3.05, 3.63) is 46.1 Å². The second-order valence-electron chi connectivity index (χ2n) is 6.30. The first-order valence-electron chi connectivity index (χ1n) is 8.71. The van der Waals surface area contributed by atoms with E-state index in [9.17, 15) is 4.79 Å². The summed E-state index contributed by atoms with van der Waals surface area (Å²) in [7, 11) is 3.50. The minimum absolute atomic E-state index is 0.0581. The average molecular weight is 396 g/mol.